The summed E-state index contributed by atoms with van der Waals surface area (Å²) in [6, 6.07) is 15.8. The van der Waals surface area contributed by atoms with E-state index in [9.17, 15) is 4.79 Å². The summed E-state index contributed by atoms with van der Waals surface area (Å²) in [7, 11) is 3.22. The Balaban J connectivity index is 1.88. The van der Waals surface area contributed by atoms with E-state index in [1.54, 1.807) is 56.8 Å². The lowest BCUT2D eigenvalue weighted by Crippen LogP contribution is -2.37. The van der Waals surface area contributed by atoms with Crippen molar-refractivity contribution < 1.29 is 14.3 Å². The van der Waals surface area contributed by atoms with Crippen molar-refractivity contribution in [3.63, 3.8) is 0 Å². The first-order valence-corrected chi connectivity index (χ1v) is 10.4. The zero-order valence-electron chi connectivity index (χ0n) is 18.2. The van der Waals surface area contributed by atoms with Crippen LogP contribution in [-0.2, 0) is 11.3 Å². The van der Waals surface area contributed by atoms with E-state index in [1.807, 2.05) is 25.1 Å². The van der Waals surface area contributed by atoms with E-state index in [2.05, 4.69) is 20.6 Å². The standard InChI is InChI=1S/C23H26ClN5O3/c1-16(15-31-2)27-22-25-13-12-21(28-22)29(18-8-10-19(32-3)11-9-18)23(30)26-14-17-6-4-5-7-20(17)24/h4-13,16H,14-15H2,1-3H3,(H,26,30)(H,25,27,28). The second-order valence-electron chi connectivity index (χ2n) is 7.02. The van der Waals surface area contributed by atoms with Gasteiger partial charge in [0.15, 0.2) is 0 Å². The van der Waals surface area contributed by atoms with Gasteiger partial charge in [-0.1, -0.05) is 29.8 Å². The first kappa shape index (κ1) is 23.3. The minimum Gasteiger partial charge on any atom is -0.497 e. The first-order chi connectivity index (χ1) is 15.5. The highest BCUT2D eigenvalue weighted by molar-refractivity contribution is 6.31. The van der Waals surface area contributed by atoms with Crippen molar-refractivity contribution in [3.05, 3.63) is 71.4 Å². The van der Waals surface area contributed by atoms with Gasteiger partial charge < -0.3 is 20.1 Å². The molecular formula is C23H26ClN5O3. The molecule has 1 unspecified atom stereocenters. The minimum absolute atomic E-state index is 0.00117. The third-order valence-corrected chi connectivity index (χ3v) is 4.95. The lowest BCUT2D eigenvalue weighted by Gasteiger charge is -2.23. The summed E-state index contributed by atoms with van der Waals surface area (Å²) in [6.07, 6.45) is 1.60. The van der Waals surface area contributed by atoms with Crippen molar-refractivity contribution in [1.82, 2.24) is 15.3 Å². The molecule has 2 N–H and O–H groups in total. The molecule has 0 aliphatic rings. The van der Waals surface area contributed by atoms with Gasteiger partial charge in [0.1, 0.15) is 11.6 Å². The fourth-order valence-corrected chi connectivity index (χ4v) is 3.23. The Morgan fingerprint density at radius 1 is 1.12 bits per heavy atom. The second-order valence-corrected chi connectivity index (χ2v) is 7.43. The number of halogens is 1. The maximum absolute atomic E-state index is 13.3. The summed E-state index contributed by atoms with van der Waals surface area (Å²) in [5.41, 5.74) is 1.44. The Bertz CT molecular complexity index is 1030. The lowest BCUT2D eigenvalue weighted by atomic mass is 10.2. The average molecular weight is 456 g/mol. The van der Waals surface area contributed by atoms with Gasteiger partial charge in [0.2, 0.25) is 5.95 Å². The van der Waals surface area contributed by atoms with Gasteiger partial charge in [0.05, 0.1) is 19.4 Å². The second kappa shape index (κ2) is 11.3. The summed E-state index contributed by atoms with van der Waals surface area (Å²) < 4.78 is 10.4. The van der Waals surface area contributed by atoms with E-state index in [1.165, 1.54) is 4.90 Å². The number of hydrogen-bond donors (Lipinski definition) is 2. The molecule has 0 aliphatic heterocycles. The maximum Gasteiger partial charge on any atom is 0.327 e. The minimum atomic E-state index is -0.357. The van der Waals surface area contributed by atoms with Gasteiger partial charge in [-0.3, -0.25) is 0 Å². The van der Waals surface area contributed by atoms with Crippen LogP contribution in [0.3, 0.4) is 0 Å². The monoisotopic (exact) mass is 455 g/mol. The predicted molar refractivity (Wildman–Crippen MR) is 126 cm³/mol. The van der Waals surface area contributed by atoms with Gasteiger partial charge in [-0.05, 0) is 42.8 Å². The number of aromatic nitrogens is 2. The van der Waals surface area contributed by atoms with E-state index in [-0.39, 0.29) is 18.6 Å². The molecule has 168 valence electrons. The molecule has 3 rings (SSSR count). The molecule has 0 aliphatic carbocycles. The third-order valence-electron chi connectivity index (χ3n) is 4.58. The number of methoxy groups -OCH3 is 2. The van der Waals surface area contributed by atoms with E-state index < -0.39 is 0 Å². The number of urea groups is 1. The normalized spacial score (nSPS) is 11.5. The summed E-state index contributed by atoms with van der Waals surface area (Å²) in [6.45, 7) is 2.72. The molecule has 2 amide bonds. The molecule has 9 heteroatoms. The number of hydrogen-bond acceptors (Lipinski definition) is 6. The summed E-state index contributed by atoms with van der Waals surface area (Å²) in [5, 5.41) is 6.67. The summed E-state index contributed by atoms with van der Waals surface area (Å²) in [5.74, 6) is 1.49. The van der Waals surface area contributed by atoms with E-state index in [4.69, 9.17) is 21.1 Å². The van der Waals surface area contributed by atoms with Crippen LogP contribution in [0.15, 0.2) is 60.8 Å². The third kappa shape index (κ3) is 6.09. The highest BCUT2D eigenvalue weighted by Gasteiger charge is 2.20. The highest BCUT2D eigenvalue weighted by atomic mass is 35.5. The highest BCUT2D eigenvalue weighted by Crippen LogP contribution is 2.27. The van der Waals surface area contributed by atoms with Crippen LogP contribution in [0.5, 0.6) is 5.75 Å². The van der Waals surface area contributed by atoms with E-state index in [0.717, 1.165) is 5.56 Å². The number of carbonyl (C=O) groups is 1. The van der Waals surface area contributed by atoms with Gasteiger partial charge >= 0.3 is 6.03 Å². The molecule has 2 aromatic carbocycles. The quantitative estimate of drug-likeness (QED) is 0.489. The lowest BCUT2D eigenvalue weighted by molar-refractivity contribution is 0.190. The average Bonchev–Trinajstić information content (AvgIpc) is 2.79. The molecule has 1 heterocycles. The number of carbonyl (C=O) groups excluding carboxylic acids is 1. The van der Waals surface area contributed by atoms with Crippen LogP contribution < -0.4 is 20.3 Å². The van der Waals surface area contributed by atoms with Crippen molar-refractivity contribution >= 4 is 35.1 Å². The van der Waals surface area contributed by atoms with Crippen LogP contribution in [0.25, 0.3) is 0 Å². The molecule has 3 aromatic rings. The van der Waals surface area contributed by atoms with Gasteiger partial charge in [0, 0.05) is 37.0 Å². The molecule has 0 spiro atoms. The van der Waals surface area contributed by atoms with Crippen LogP contribution in [0, 0.1) is 0 Å². The predicted octanol–water partition coefficient (Wildman–Crippen LogP) is 4.63. The molecule has 0 fully saturated rings. The van der Waals surface area contributed by atoms with E-state index >= 15 is 0 Å². The fraction of sp³-hybridized carbons (Fsp3) is 0.261. The Labute approximate surface area is 192 Å². The number of nitrogens with zero attached hydrogens (tertiary/aromatic N) is 3. The largest absolute Gasteiger partial charge is 0.497 e. The zero-order valence-corrected chi connectivity index (χ0v) is 19.0. The van der Waals surface area contributed by atoms with Crippen LogP contribution in [-0.4, -0.2) is 42.9 Å². The number of benzene rings is 2. The Hall–Kier alpha value is -3.36. The Kier molecular flexibility index (Phi) is 8.24. The number of amides is 2. The molecule has 0 radical (unpaired) electrons. The van der Waals surface area contributed by atoms with Crippen molar-refractivity contribution in [1.29, 1.82) is 0 Å². The molecule has 0 bridgehead atoms. The Morgan fingerprint density at radius 2 is 1.88 bits per heavy atom. The van der Waals surface area contributed by atoms with Crippen LogP contribution >= 0.6 is 11.6 Å². The summed E-state index contributed by atoms with van der Waals surface area (Å²) in [4.78, 5) is 23.5. The SMILES string of the molecule is COCC(C)Nc1nccc(N(C(=O)NCc2ccccc2Cl)c2ccc(OC)cc2)n1. The zero-order chi connectivity index (χ0) is 22.9. The molecule has 1 aromatic heterocycles. The van der Waals surface area contributed by atoms with Gasteiger partial charge in [-0.25, -0.2) is 14.7 Å². The Morgan fingerprint density at radius 3 is 2.56 bits per heavy atom. The first-order valence-electron chi connectivity index (χ1n) is 10.1. The molecule has 1 atom stereocenters. The van der Waals surface area contributed by atoms with E-state index in [0.29, 0.717) is 34.8 Å². The topological polar surface area (TPSA) is 88.6 Å². The number of ether oxygens (including phenoxy) is 2. The van der Waals surface area contributed by atoms with Crippen molar-refractivity contribution in [2.24, 2.45) is 0 Å². The van der Waals surface area contributed by atoms with Crippen LogP contribution in [0.4, 0.5) is 22.2 Å². The van der Waals surface area contributed by atoms with Gasteiger partial charge in [-0.2, -0.15) is 4.98 Å². The van der Waals surface area contributed by atoms with Crippen molar-refractivity contribution in [2.75, 3.05) is 31.0 Å². The molecule has 8 nitrogen and oxygen atoms in total. The maximum atomic E-state index is 13.3. The smallest absolute Gasteiger partial charge is 0.327 e. The van der Waals surface area contributed by atoms with Gasteiger partial charge in [-0.15, -0.1) is 0 Å². The fourth-order valence-electron chi connectivity index (χ4n) is 3.03. The van der Waals surface area contributed by atoms with Crippen LogP contribution in [0.2, 0.25) is 5.02 Å². The molecular weight excluding hydrogens is 430 g/mol. The van der Waals surface area contributed by atoms with Crippen LogP contribution in [0.1, 0.15) is 12.5 Å². The summed E-state index contributed by atoms with van der Waals surface area (Å²) >= 11 is 6.23. The molecule has 32 heavy (non-hydrogen) atoms. The number of anilines is 3. The van der Waals surface area contributed by atoms with Crippen molar-refractivity contribution in [3.8, 4) is 5.75 Å². The molecule has 0 saturated heterocycles. The molecule has 0 saturated carbocycles. The van der Waals surface area contributed by atoms with Crippen molar-refractivity contribution in [2.45, 2.75) is 19.5 Å². The van der Waals surface area contributed by atoms with Gasteiger partial charge in [0.25, 0.3) is 0 Å². The number of rotatable bonds is 9. The number of nitrogens with one attached hydrogen (secondary N) is 2.